The summed E-state index contributed by atoms with van der Waals surface area (Å²) in [5.74, 6) is 3.93. The SMILES string of the molecule is CNC(CSCCN(C)C)c1ccc2c(c1)OCCO2. The largest absolute Gasteiger partial charge is 0.486 e. The van der Waals surface area contributed by atoms with Gasteiger partial charge in [0.2, 0.25) is 0 Å². The van der Waals surface area contributed by atoms with Crippen molar-refractivity contribution in [1.29, 1.82) is 0 Å². The lowest BCUT2D eigenvalue weighted by Gasteiger charge is -2.22. The Kier molecular flexibility index (Phi) is 6.01. The Hall–Kier alpha value is -0.910. The van der Waals surface area contributed by atoms with Crippen molar-refractivity contribution in [3.63, 3.8) is 0 Å². The predicted molar refractivity (Wildman–Crippen MR) is 85.1 cm³/mol. The third kappa shape index (κ3) is 4.30. The highest BCUT2D eigenvalue weighted by Gasteiger charge is 2.16. The number of hydrogen-bond donors (Lipinski definition) is 1. The standard InChI is InChI=1S/C15H24N2O2S/c1-16-13(11-20-9-6-17(2)3)12-4-5-14-15(10-12)19-8-7-18-14/h4-5,10,13,16H,6-9,11H2,1-3H3. The Labute approximate surface area is 125 Å². The first kappa shape index (κ1) is 15.5. The molecule has 1 N–H and O–H groups in total. The smallest absolute Gasteiger partial charge is 0.161 e. The molecule has 0 fully saturated rings. The van der Waals surface area contributed by atoms with Crippen molar-refractivity contribution < 1.29 is 9.47 Å². The summed E-state index contributed by atoms with van der Waals surface area (Å²) < 4.78 is 11.2. The highest BCUT2D eigenvalue weighted by Crippen LogP contribution is 2.33. The summed E-state index contributed by atoms with van der Waals surface area (Å²) in [7, 11) is 6.22. The number of fused-ring (bicyclic) bond motifs is 1. The number of rotatable bonds is 7. The second-order valence-corrected chi connectivity index (χ2v) is 6.27. The fourth-order valence-electron chi connectivity index (χ4n) is 2.07. The van der Waals surface area contributed by atoms with E-state index in [1.165, 1.54) is 5.56 Å². The minimum absolute atomic E-state index is 0.345. The molecule has 1 heterocycles. The van der Waals surface area contributed by atoms with E-state index in [4.69, 9.17) is 9.47 Å². The predicted octanol–water partition coefficient (Wildman–Crippen LogP) is 2.01. The van der Waals surface area contributed by atoms with Crippen LogP contribution in [-0.4, -0.2) is 57.3 Å². The van der Waals surface area contributed by atoms with E-state index in [1.807, 2.05) is 24.9 Å². The molecule has 0 bridgehead atoms. The van der Waals surface area contributed by atoms with Gasteiger partial charge in [-0.2, -0.15) is 11.8 Å². The van der Waals surface area contributed by atoms with E-state index in [0.29, 0.717) is 19.3 Å². The summed E-state index contributed by atoms with van der Waals surface area (Å²) in [5.41, 5.74) is 1.26. The van der Waals surface area contributed by atoms with Crippen molar-refractivity contribution in [2.75, 3.05) is 52.4 Å². The van der Waals surface area contributed by atoms with Crippen molar-refractivity contribution >= 4 is 11.8 Å². The molecule has 4 nitrogen and oxygen atoms in total. The van der Waals surface area contributed by atoms with Crippen LogP contribution in [0, 0.1) is 0 Å². The summed E-state index contributed by atoms with van der Waals surface area (Å²) in [4.78, 5) is 2.21. The van der Waals surface area contributed by atoms with Gasteiger partial charge in [0, 0.05) is 24.1 Å². The van der Waals surface area contributed by atoms with Gasteiger partial charge < -0.3 is 19.7 Å². The maximum absolute atomic E-state index is 5.65. The average Bonchev–Trinajstić information content (AvgIpc) is 2.46. The maximum Gasteiger partial charge on any atom is 0.161 e. The van der Waals surface area contributed by atoms with Crippen molar-refractivity contribution in [2.45, 2.75) is 6.04 Å². The van der Waals surface area contributed by atoms with Gasteiger partial charge in [0.1, 0.15) is 13.2 Å². The summed E-state index contributed by atoms with van der Waals surface area (Å²) in [5, 5.41) is 3.38. The van der Waals surface area contributed by atoms with Gasteiger partial charge in [-0.15, -0.1) is 0 Å². The number of hydrogen-bond acceptors (Lipinski definition) is 5. The van der Waals surface area contributed by atoms with E-state index in [0.717, 1.165) is 29.5 Å². The molecule has 0 radical (unpaired) electrons. The molecular formula is C15H24N2O2S. The van der Waals surface area contributed by atoms with Crippen molar-refractivity contribution in [1.82, 2.24) is 10.2 Å². The Bertz CT molecular complexity index is 426. The lowest BCUT2D eigenvalue weighted by molar-refractivity contribution is 0.171. The van der Waals surface area contributed by atoms with Gasteiger partial charge in [0.25, 0.3) is 0 Å². The lowest BCUT2D eigenvalue weighted by atomic mass is 10.1. The minimum atomic E-state index is 0.345. The van der Waals surface area contributed by atoms with Gasteiger partial charge in [-0.3, -0.25) is 0 Å². The van der Waals surface area contributed by atoms with Crippen LogP contribution in [0.1, 0.15) is 11.6 Å². The van der Waals surface area contributed by atoms with Gasteiger partial charge in [-0.25, -0.2) is 0 Å². The number of nitrogens with zero attached hydrogens (tertiary/aromatic N) is 1. The molecular weight excluding hydrogens is 272 g/mol. The van der Waals surface area contributed by atoms with Crippen LogP contribution >= 0.6 is 11.8 Å². The normalized spacial score (nSPS) is 15.4. The maximum atomic E-state index is 5.65. The van der Waals surface area contributed by atoms with E-state index in [-0.39, 0.29) is 0 Å². The average molecular weight is 296 g/mol. The zero-order valence-electron chi connectivity index (χ0n) is 12.5. The van der Waals surface area contributed by atoms with E-state index in [2.05, 4.69) is 36.4 Å². The molecule has 0 saturated heterocycles. The lowest BCUT2D eigenvalue weighted by Crippen LogP contribution is -2.21. The molecule has 1 unspecified atom stereocenters. The quantitative estimate of drug-likeness (QED) is 0.779. The monoisotopic (exact) mass is 296 g/mol. The Balaban J connectivity index is 1.93. The van der Waals surface area contributed by atoms with E-state index in [1.54, 1.807) is 0 Å². The zero-order valence-corrected chi connectivity index (χ0v) is 13.3. The fourth-order valence-corrected chi connectivity index (χ4v) is 3.33. The van der Waals surface area contributed by atoms with Crippen molar-refractivity contribution in [3.8, 4) is 11.5 Å². The highest BCUT2D eigenvalue weighted by atomic mass is 32.2. The Morgan fingerprint density at radius 2 is 2.00 bits per heavy atom. The molecule has 2 rings (SSSR count). The van der Waals surface area contributed by atoms with Crippen LogP contribution in [0.5, 0.6) is 11.5 Å². The topological polar surface area (TPSA) is 33.7 Å². The molecule has 1 aromatic carbocycles. The van der Waals surface area contributed by atoms with Gasteiger partial charge in [-0.05, 0) is 38.8 Å². The fraction of sp³-hybridized carbons (Fsp3) is 0.600. The molecule has 0 aromatic heterocycles. The van der Waals surface area contributed by atoms with E-state index >= 15 is 0 Å². The Morgan fingerprint density at radius 1 is 1.25 bits per heavy atom. The molecule has 1 aliphatic heterocycles. The molecule has 1 aromatic rings. The van der Waals surface area contributed by atoms with Gasteiger partial charge in [-0.1, -0.05) is 6.07 Å². The third-order valence-electron chi connectivity index (χ3n) is 3.28. The molecule has 0 amide bonds. The molecule has 0 spiro atoms. The second kappa shape index (κ2) is 7.76. The van der Waals surface area contributed by atoms with E-state index in [9.17, 15) is 0 Å². The molecule has 0 saturated carbocycles. The minimum Gasteiger partial charge on any atom is -0.486 e. The van der Waals surface area contributed by atoms with Crippen LogP contribution < -0.4 is 14.8 Å². The van der Waals surface area contributed by atoms with Crippen LogP contribution in [-0.2, 0) is 0 Å². The van der Waals surface area contributed by atoms with Crippen LogP contribution in [0.15, 0.2) is 18.2 Å². The summed E-state index contributed by atoms with van der Waals surface area (Å²) in [6, 6.07) is 6.58. The summed E-state index contributed by atoms with van der Waals surface area (Å²) >= 11 is 1.97. The number of benzene rings is 1. The van der Waals surface area contributed by atoms with Crippen LogP contribution in [0.2, 0.25) is 0 Å². The molecule has 5 heteroatoms. The summed E-state index contributed by atoms with van der Waals surface area (Å²) in [6.07, 6.45) is 0. The van der Waals surface area contributed by atoms with Crippen molar-refractivity contribution in [3.05, 3.63) is 23.8 Å². The van der Waals surface area contributed by atoms with Crippen LogP contribution in [0.4, 0.5) is 0 Å². The second-order valence-electron chi connectivity index (χ2n) is 5.12. The van der Waals surface area contributed by atoms with Crippen molar-refractivity contribution in [2.24, 2.45) is 0 Å². The van der Waals surface area contributed by atoms with E-state index < -0.39 is 0 Å². The van der Waals surface area contributed by atoms with Gasteiger partial charge in [0.05, 0.1) is 0 Å². The Morgan fingerprint density at radius 3 is 2.70 bits per heavy atom. The first-order valence-corrected chi connectivity index (χ1v) is 8.15. The molecule has 0 aliphatic carbocycles. The molecule has 1 aliphatic rings. The number of thioether (sulfide) groups is 1. The summed E-state index contributed by atoms with van der Waals surface area (Å²) in [6.45, 7) is 2.39. The van der Waals surface area contributed by atoms with Crippen LogP contribution in [0.3, 0.4) is 0 Å². The molecule has 20 heavy (non-hydrogen) atoms. The first-order valence-electron chi connectivity index (χ1n) is 7.00. The van der Waals surface area contributed by atoms with Gasteiger partial charge >= 0.3 is 0 Å². The number of nitrogens with one attached hydrogen (secondary N) is 1. The highest BCUT2D eigenvalue weighted by molar-refractivity contribution is 7.99. The van der Waals surface area contributed by atoms with Crippen LogP contribution in [0.25, 0.3) is 0 Å². The number of ether oxygens (including phenoxy) is 2. The zero-order chi connectivity index (χ0) is 14.4. The molecule has 1 atom stereocenters. The molecule has 112 valence electrons. The van der Waals surface area contributed by atoms with Gasteiger partial charge in [0.15, 0.2) is 11.5 Å². The third-order valence-corrected chi connectivity index (χ3v) is 4.32. The first-order chi connectivity index (χ1) is 9.70.